The second-order valence-electron chi connectivity index (χ2n) is 7.49. The van der Waals surface area contributed by atoms with Gasteiger partial charge in [-0.05, 0) is 26.3 Å². The van der Waals surface area contributed by atoms with Crippen molar-refractivity contribution in [2.24, 2.45) is 5.92 Å². The van der Waals surface area contributed by atoms with Crippen LogP contribution in [0.15, 0.2) is 47.3 Å². The number of carbonyl (C=O) groups excluding carboxylic acids is 1. The van der Waals surface area contributed by atoms with Crippen molar-refractivity contribution in [1.29, 1.82) is 0 Å². The van der Waals surface area contributed by atoms with E-state index in [9.17, 15) is 20.1 Å². The molecule has 0 saturated carbocycles. The Hall–Kier alpha value is -2.77. The largest absolute Gasteiger partial charge is 0.508 e. The zero-order valence-electron chi connectivity index (χ0n) is 16.9. The molecule has 1 aromatic carbocycles. The maximum atomic E-state index is 13.2. The number of ketones is 1. The first kappa shape index (κ1) is 21.0. The average Bonchev–Trinajstić information content (AvgIpc) is 2.67. The third-order valence-corrected chi connectivity index (χ3v) is 5.32. The van der Waals surface area contributed by atoms with Gasteiger partial charge in [0.2, 0.25) is 5.78 Å². The summed E-state index contributed by atoms with van der Waals surface area (Å²) < 4.78 is 16.7. The van der Waals surface area contributed by atoms with Crippen LogP contribution in [-0.2, 0) is 9.47 Å². The summed E-state index contributed by atoms with van der Waals surface area (Å²) in [5.41, 5.74) is -0.743. The average molecular weight is 402 g/mol. The van der Waals surface area contributed by atoms with E-state index in [0.717, 1.165) is 11.6 Å². The van der Waals surface area contributed by atoms with Gasteiger partial charge in [0.1, 0.15) is 35.2 Å². The number of Topliss-reactive ketones (excluding diaryl/α,β-unsaturated/α-hetero) is 1. The van der Waals surface area contributed by atoms with Gasteiger partial charge in [0, 0.05) is 24.8 Å². The molecule has 3 N–H and O–H groups in total. The maximum Gasteiger partial charge on any atom is 0.209 e. The van der Waals surface area contributed by atoms with Gasteiger partial charge in [-0.25, -0.2) is 0 Å². The topological polar surface area (TPSA) is 105 Å². The summed E-state index contributed by atoms with van der Waals surface area (Å²) in [5.74, 6) is -0.939. The molecule has 2 aliphatic rings. The van der Waals surface area contributed by atoms with E-state index in [-0.39, 0.29) is 29.6 Å². The van der Waals surface area contributed by atoms with Gasteiger partial charge in [0.05, 0.1) is 19.1 Å². The molecule has 3 atom stereocenters. The van der Waals surface area contributed by atoms with Crippen LogP contribution in [0.2, 0.25) is 0 Å². The van der Waals surface area contributed by atoms with Gasteiger partial charge in [-0.3, -0.25) is 4.79 Å². The van der Waals surface area contributed by atoms with E-state index in [4.69, 9.17) is 14.2 Å². The Kier molecular flexibility index (Phi) is 5.73. The van der Waals surface area contributed by atoms with Crippen molar-refractivity contribution in [3.05, 3.63) is 52.8 Å². The summed E-state index contributed by atoms with van der Waals surface area (Å²) in [6.07, 6.45) is 5.32. The third kappa shape index (κ3) is 3.63. The minimum atomic E-state index is -2.03. The molecule has 29 heavy (non-hydrogen) atoms. The Balaban J connectivity index is 2.06. The third-order valence-electron chi connectivity index (χ3n) is 5.32. The summed E-state index contributed by atoms with van der Waals surface area (Å²) in [5, 5.41) is 31.2. The van der Waals surface area contributed by atoms with Crippen LogP contribution in [0.3, 0.4) is 0 Å². The zero-order chi connectivity index (χ0) is 21.3. The number of aliphatic hydroxyl groups is 1. The summed E-state index contributed by atoms with van der Waals surface area (Å²) in [4.78, 5) is 13.2. The highest BCUT2D eigenvalue weighted by Gasteiger charge is 2.51. The Labute approximate surface area is 169 Å². The molecule has 7 heteroatoms. The molecule has 0 radical (unpaired) electrons. The molecule has 0 spiro atoms. The molecule has 0 bridgehead atoms. The number of rotatable bonds is 5. The minimum Gasteiger partial charge on any atom is -0.508 e. The van der Waals surface area contributed by atoms with Gasteiger partial charge in [-0.15, -0.1) is 0 Å². The number of aromatic hydroxyl groups is 2. The van der Waals surface area contributed by atoms with Crippen LogP contribution in [0.5, 0.6) is 17.2 Å². The van der Waals surface area contributed by atoms with E-state index >= 15 is 0 Å². The Morgan fingerprint density at radius 1 is 1.28 bits per heavy atom. The predicted molar refractivity (Wildman–Crippen MR) is 106 cm³/mol. The van der Waals surface area contributed by atoms with E-state index < -0.39 is 23.2 Å². The van der Waals surface area contributed by atoms with Crippen molar-refractivity contribution >= 4 is 5.78 Å². The molecule has 3 rings (SSSR count). The second kappa shape index (κ2) is 7.93. The highest BCUT2D eigenvalue weighted by molar-refractivity contribution is 6.09. The monoisotopic (exact) mass is 402 g/mol. The van der Waals surface area contributed by atoms with Gasteiger partial charge in [0.25, 0.3) is 0 Å². The number of phenols is 2. The summed E-state index contributed by atoms with van der Waals surface area (Å²) >= 11 is 0. The van der Waals surface area contributed by atoms with Crippen LogP contribution in [0.25, 0.3) is 0 Å². The number of hydrogen-bond donors (Lipinski definition) is 3. The Morgan fingerprint density at radius 2 is 2.00 bits per heavy atom. The van der Waals surface area contributed by atoms with Crippen LogP contribution in [0.4, 0.5) is 0 Å². The van der Waals surface area contributed by atoms with Gasteiger partial charge in [0.15, 0.2) is 5.60 Å². The number of hydrogen-bond acceptors (Lipinski definition) is 7. The van der Waals surface area contributed by atoms with E-state index in [0.29, 0.717) is 17.8 Å². The van der Waals surface area contributed by atoms with E-state index in [1.54, 1.807) is 19.3 Å². The van der Waals surface area contributed by atoms with Crippen molar-refractivity contribution in [3.8, 4) is 17.2 Å². The van der Waals surface area contributed by atoms with E-state index in [1.807, 2.05) is 19.9 Å². The maximum absolute atomic E-state index is 13.2. The van der Waals surface area contributed by atoms with Gasteiger partial charge in [-0.1, -0.05) is 17.7 Å². The SMILES string of the molecule is COC1=CC=C(C2(O)COc3cc(O)cc(O)c3C2=O)C(OC)C1CC=C(C)C. The van der Waals surface area contributed by atoms with Crippen molar-refractivity contribution < 1.29 is 34.3 Å². The fourth-order valence-electron chi connectivity index (χ4n) is 3.84. The van der Waals surface area contributed by atoms with Crippen molar-refractivity contribution in [1.82, 2.24) is 0 Å². The molecule has 0 fully saturated rings. The lowest BCUT2D eigenvalue weighted by Gasteiger charge is -2.40. The van der Waals surface area contributed by atoms with Crippen LogP contribution in [0, 0.1) is 5.92 Å². The molecular formula is C22H26O7. The molecule has 0 amide bonds. The van der Waals surface area contributed by atoms with Gasteiger partial charge < -0.3 is 29.5 Å². The fourth-order valence-corrected chi connectivity index (χ4v) is 3.84. The molecule has 1 aromatic rings. The normalized spacial score (nSPS) is 26.0. The standard InChI is InChI=1S/C22H26O7/c1-12(2)5-6-14-17(27-3)8-7-15(20(14)28-4)22(26)11-29-18-10-13(23)9-16(24)19(18)21(22)25/h5,7-10,14,20,23-24,26H,6,11H2,1-4H3. The van der Waals surface area contributed by atoms with Crippen LogP contribution >= 0.6 is 0 Å². The molecule has 1 heterocycles. The predicted octanol–water partition coefficient (Wildman–Crippen LogP) is 2.86. The number of phenolic OH excluding ortho intramolecular Hbond substituents is 2. The Bertz CT molecular complexity index is 908. The first-order valence-electron chi connectivity index (χ1n) is 9.31. The molecule has 1 aliphatic carbocycles. The first-order chi connectivity index (χ1) is 13.7. The quantitative estimate of drug-likeness (QED) is 0.651. The molecule has 3 unspecified atom stereocenters. The van der Waals surface area contributed by atoms with Crippen molar-refractivity contribution in [3.63, 3.8) is 0 Å². The van der Waals surface area contributed by atoms with Gasteiger partial charge in [-0.2, -0.15) is 0 Å². The number of fused-ring (bicyclic) bond motifs is 1. The molecule has 1 aliphatic heterocycles. The van der Waals surface area contributed by atoms with Crippen LogP contribution in [-0.4, -0.2) is 53.6 Å². The summed E-state index contributed by atoms with van der Waals surface area (Å²) in [7, 11) is 3.07. The highest BCUT2D eigenvalue weighted by Crippen LogP contribution is 2.44. The smallest absolute Gasteiger partial charge is 0.209 e. The van der Waals surface area contributed by atoms with Crippen molar-refractivity contribution in [2.45, 2.75) is 32.0 Å². The lowest BCUT2D eigenvalue weighted by molar-refractivity contribution is -0.0124. The minimum absolute atomic E-state index is 0.0248. The zero-order valence-corrected chi connectivity index (χ0v) is 16.9. The molecular weight excluding hydrogens is 376 g/mol. The number of ether oxygens (including phenoxy) is 3. The fraction of sp³-hybridized carbons (Fsp3) is 0.409. The number of methoxy groups -OCH3 is 2. The Morgan fingerprint density at radius 3 is 2.62 bits per heavy atom. The number of benzene rings is 1. The number of carbonyl (C=O) groups is 1. The number of allylic oxidation sites excluding steroid dienone is 4. The summed E-state index contributed by atoms with van der Waals surface area (Å²) in [6, 6.07) is 2.27. The molecule has 0 saturated heterocycles. The highest BCUT2D eigenvalue weighted by atomic mass is 16.5. The van der Waals surface area contributed by atoms with Crippen LogP contribution in [0.1, 0.15) is 30.6 Å². The van der Waals surface area contributed by atoms with E-state index in [1.165, 1.54) is 13.2 Å². The van der Waals surface area contributed by atoms with Crippen molar-refractivity contribution in [2.75, 3.05) is 20.8 Å². The lowest BCUT2D eigenvalue weighted by Crippen LogP contribution is -2.53. The summed E-state index contributed by atoms with van der Waals surface area (Å²) in [6.45, 7) is 3.61. The lowest BCUT2D eigenvalue weighted by atomic mass is 9.74. The first-order valence-corrected chi connectivity index (χ1v) is 9.31. The van der Waals surface area contributed by atoms with Crippen LogP contribution < -0.4 is 4.74 Å². The molecule has 0 aromatic heterocycles. The second-order valence-corrected chi connectivity index (χ2v) is 7.49. The molecule has 7 nitrogen and oxygen atoms in total. The van der Waals surface area contributed by atoms with Gasteiger partial charge >= 0.3 is 0 Å². The van der Waals surface area contributed by atoms with E-state index in [2.05, 4.69) is 0 Å². The molecule has 156 valence electrons.